The van der Waals surface area contributed by atoms with Gasteiger partial charge in [-0.15, -0.1) is 0 Å². The van der Waals surface area contributed by atoms with E-state index in [-0.39, 0.29) is 0 Å². The summed E-state index contributed by atoms with van der Waals surface area (Å²) in [5, 5.41) is 0. The van der Waals surface area contributed by atoms with E-state index < -0.39 is 0 Å². The molecule has 0 aliphatic carbocycles. The van der Waals surface area contributed by atoms with Crippen LogP contribution in [0.4, 0.5) is 0 Å². The van der Waals surface area contributed by atoms with Crippen molar-refractivity contribution in [1.29, 1.82) is 0 Å². The van der Waals surface area contributed by atoms with Crippen LogP contribution in [0.25, 0.3) is 0 Å². The topological polar surface area (TPSA) is 35.0 Å². The molecule has 2 heterocycles. The Morgan fingerprint density at radius 2 is 1.44 bits per heavy atom. The highest BCUT2D eigenvalue weighted by atomic mass is 16.5. The van der Waals surface area contributed by atoms with Crippen LogP contribution in [0.1, 0.15) is 24.8 Å². The Hall–Kier alpha value is -1.90. The summed E-state index contributed by atoms with van der Waals surface area (Å²) in [6.45, 7) is 0.778. The van der Waals surface area contributed by atoms with E-state index in [0.29, 0.717) is 0 Å². The predicted molar refractivity (Wildman–Crippen MR) is 71.5 cm³/mol. The average molecular weight is 242 g/mol. The van der Waals surface area contributed by atoms with Gasteiger partial charge in [0.2, 0.25) is 0 Å². The summed E-state index contributed by atoms with van der Waals surface area (Å²) < 4.78 is 5.61. The number of aryl methyl sites for hydroxylation is 1. The van der Waals surface area contributed by atoms with Crippen LogP contribution in [0.5, 0.6) is 5.75 Å². The number of unbranched alkanes of at least 4 members (excludes halogenated alkanes) is 2. The summed E-state index contributed by atoms with van der Waals surface area (Å²) in [6, 6.07) is 7.93. The first-order valence-corrected chi connectivity index (χ1v) is 6.37. The third kappa shape index (κ3) is 4.53. The van der Waals surface area contributed by atoms with Crippen molar-refractivity contribution < 1.29 is 4.74 Å². The van der Waals surface area contributed by atoms with E-state index in [1.165, 1.54) is 18.4 Å². The molecule has 0 aliphatic heterocycles. The average Bonchev–Trinajstić information content (AvgIpc) is 2.45. The van der Waals surface area contributed by atoms with Gasteiger partial charge < -0.3 is 4.74 Å². The van der Waals surface area contributed by atoms with Crippen LogP contribution in [0.3, 0.4) is 0 Å². The SMILES string of the molecule is c1cc(CCCCCOc2ccncc2)ccn1. The molecule has 3 nitrogen and oxygen atoms in total. The molecule has 0 aromatic carbocycles. The zero-order valence-electron chi connectivity index (χ0n) is 10.5. The monoisotopic (exact) mass is 242 g/mol. The molecule has 0 aliphatic rings. The number of rotatable bonds is 7. The third-order valence-corrected chi connectivity index (χ3v) is 2.78. The second-order valence-electron chi connectivity index (χ2n) is 4.20. The van der Waals surface area contributed by atoms with E-state index in [0.717, 1.165) is 25.2 Å². The van der Waals surface area contributed by atoms with E-state index in [9.17, 15) is 0 Å². The predicted octanol–water partition coefficient (Wildman–Crippen LogP) is 3.27. The van der Waals surface area contributed by atoms with Gasteiger partial charge >= 0.3 is 0 Å². The molecule has 0 atom stereocenters. The maximum absolute atomic E-state index is 5.61. The van der Waals surface area contributed by atoms with Gasteiger partial charge in [0.05, 0.1) is 6.61 Å². The van der Waals surface area contributed by atoms with Crippen molar-refractivity contribution in [1.82, 2.24) is 9.97 Å². The lowest BCUT2D eigenvalue weighted by Gasteiger charge is -2.05. The first kappa shape index (κ1) is 12.6. The lowest BCUT2D eigenvalue weighted by Crippen LogP contribution is -1.97. The Kier molecular flexibility index (Phi) is 5.18. The van der Waals surface area contributed by atoms with Crippen LogP contribution in [-0.2, 0) is 6.42 Å². The third-order valence-electron chi connectivity index (χ3n) is 2.78. The number of ether oxygens (including phenoxy) is 1. The first-order valence-electron chi connectivity index (χ1n) is 6.37. The number of nitrogens with zero attached hydrogens (tertiary/aromatic N) is 2. The Labute approximate surface area is 108 Å². The Morgan fingerprint density at radius 1 is 0.778 bits per heavy atom. The van der Waals surface area contributed by atoms with Crippen molar-refractivity contribution in [3.63, 3.8) is 0 Å². The minimum absolute atomic E-state index is 0.778. The summed E-state index contributed by atoms with van der Waals surface area (Å²) in [7, 11) is 0. The standard InChI is InChI=1S/C15H18N2O/c1(2-4-14-5-9-16-10-6-14)3-13-18-15-7-11-17-12-8-15/h5-12H,1-4,13H2. The van der Waals surface area contributed by atoms with Gasteiger partial charge in [0, 0.05) is 24.8 Å². The molecule has 2 aromatic heterocycles. The molecule has 0 saturated carbocycles. The summed E-state index contributed by atoms with van der Waals surface area (Å²) >= 11 is 0. The minimum Gasteiger partial charge on any atom is -0.493 e. The number of hydrogen-bond donors (Lipinski definition) is 0. The fraction of sp³-hybridized carbons (Fsp3) is 0.333. The van der Waals surface area contributed by atoms with Gasteiger partial charge in [0.15, 0.2) is 0 Å². The zero-order chi connectivity index (χ0) is 12.5. The van der Waals surface area contributed by atoms with Crippen LogP contribution in [-0.4, -0.2) is 16.6 Å². The van der Waals surface area contributed by atoms with E-state index in [1.54, 1.807) is 12.4 Å². The molecule has 0 N–H and O–H groups in total. The lowest BCUT2D eigenvalue weighted by atomic mass is 10.1. The van der Waals surface area contributed by atoms with Crippen LogP contribution < -0.4 is 4.74 Å². The zero-order valence-corrected chi connectivity index (χ0v) is 10.5. The first-order chi connectivity index (χ1) is 8.95. The Bertz CT molecular complexity index is 387. The van der Waals surface area contributed by atoms with E-state index >= 15 is 0 Å². The molecule has 0 spiro atoms. The Balaban J connectivity index is 1.54. The van der Waals surface area contributed by atoms with E-state index in [1.807, 2.05) is 24.5 Å². The van der Waals surface area contributed by atoms with Gasteiger partial charge in [-0.3, -0.25) is 9.97 Å². The molecular formula is C15H18N2O. The highest BCUT2D eigenvalue weighted by molar-refractivity contribution is 5.16. The largest absolute Gasteiger partial charge is 0.493 e. The van der Waals surface area contributed by atoms with Crippen molar-refractivity contribution in [3.8, 4) is 5.75 Å². The molecule has 18 heavy (non-hydrogen) atoms. The van der Waals surface area contributed by atoms with E-state index in [2.05, 4.69) is 22.1 Å². The number of aromatic nitrogens is 2. The minimum atomic E-state index is 0.778. The van der Waals surface area contributed by atoms with Crippen molar-refractivity contribution in [2.75, 3.05) is 6.61 Å². The smallest absolute Gasteiger partial charge is 0.122 e. The van der Waals surface area contributed by atoms with Crippen molar-refractivity contribution >= 4 is 0 Å². The van der Waals surface area contributed by atoms with Gasteiger partial charge in [-0.1, -0.05) is 0 Å². The van der Waals surface area contributed by atoms with Crippen LogP contribution in [0.15, 0.2) is 49.1 Å². The normalized spacial score (nSPS) is 10.2. The molecule has 0 saturated heterocycles. The highest BCUT2D eigenvalue weighted by Gasteiger charge is 1.94. The molecule has 0 unspecified atom stereocenters. The lowest BCUT2D eigenvalue weighted by molar-refractivity contribution is 0.305. The fourth-order valence-corrected chi connectivity index (χ4v) is 1.78. The quantitative estimate of drug-likeness (QED) is 0.699. The molecule has 2 aromatic rings. The summed E-state index contributed by atoms with van der Waals surface area (Å²) in [4.78, 5) is 7.96. The molecule has 0 radical (unpaired) electrons. The van der Waals surface area contributed by atoms with Gasteiger partial charge in [-0.05, 0) is 55.5 Å². The molecule has 0 amide bonds. The summed E-state index contributed by atoms with van der Waals surface area (Å²) in [6.07, 6.45) is 11.8. The van der Waals surface area contributed by atoms with Crippen molar-refractivity contribution in [3.05, 3.63) is 54.6 Å². The van der Waals surface area contributed by atoms with Gasteiger partial charge in [-0.25, -0.2) is 0 Å². The van der Waals surface area contributed by atoms with Crippen LogP contribution in [0.2, 0.25) is 0 Å². The maximum Gasteiger partial charge on any atom is 0.122 e. The second-order valence-corrected chi connectivity index (χ2v) is 4.20. The second kappa shape index (κ2) is 7.43. The Morgan fingerprint density at radius 3 is 2.17 bits per heavy atom. The maximum atomic E-state index is 5.61. The van der Waals surface area contributed by atoms with Crippen molar-refractivity contribution in [2.24, 2.45) is 0 Å². The van der Waals surface area contributed by atoms with Gasteiger partial charge in [0.1, 0.15) is 5.75 Å². The van der Waals surface area contributed by atoms with E-state index in [4.69, 9.17) is 4.74 Å². The van der Waals surface area contributed by atoms with Crippen LogP contribution in [0, 0.1) is 0 Å². The fourth-order valence-electron chi connectivity index (χ4n) is 1.78. The summed E-state index contributed by atoms with van der Waals surface area (Å²) in [5.41, 5.74) is 1.36. The molecule has 3 heteroatoms. The molecule has 94 valence electrons. The number of hydrogen-bond acceptors (Lipinski definition) is 3. The van der Waals surface area contributed by atoms with Gasteiger partial charge in [-0.2, -0.15) is 0 Å². The summed E-state index contributed by atoms with van der Waals surface area (Å²) in [5.74, 6) is 0.902. The van der Waals surface area contributed by atoms with Gasteiger partial charge in [0.25, 0.3) is 0 Å². The van der Waals surface area contributed by atoms with Crippen molar-refractivity contribution in [2.45, 2.75) is 25.7 Å². The number of pyridine rings is 2. The molecule has 0 fully saturated rings. The molecular weight excluding hydrogens is 224 g/mol. The van der Waals surface area contributed by atoms with Crippen LogP contribution >= 0.6 is 0 Å². The molecule has 0 bridgehead atoms. The molecule has 2 rings (SSSR count). The highest BCUT2D eigenvalue weighted by Crippen LogP contribution is 2.09.